The molecule has 0 saturated carbocycles. The van der Waals surface area contributed by atoms with Crippen LogP contribution in [0.15, 0.2) is 0 Å². The number of carbonyl (C=O) groups is 1. The van der Waals surface area contributed by atoms with Gasteiger partial charge in [0.05, 0.1) is 16.9 Å². The summed E-state index contributed by atoms with van der Waals surface area (Å²) in [7, 11) is -2.98. The van der Waals surface area contributed by atoms with E-state index in [9.17, 15) is 13.2 Å². The summed E-state index contributed by atoms with van der Waals surface area (Å²) in [6.07, 6.45) is 1.57. The van der Waals surface area contributed by atoms with E-state index < -0.39 is 27.0 Å². The molecule has 0 radical (unpaired) electrons. The minimum Gasteiger partial charge on any atom is -0.481 e. The minimum absolute atomic E-state index is 0.226. The molecule has 5 heteroatoms. The van der Waals surface area contributed by atoms with Crippen LogP contribution >= 0.6 is 0 Å². The molecule has 2 unspecified atom stereocenters. The summed E-state index contributed by atoms with van der Waals surface area (Å²) < 4.78 is 22.7. The molecule has 0 amide bonds. The SMILES string of the molecule is CC(CC1CCCS1(=O)=O)C(=O)O. The summed E-state index contributed by atoms with van der Waals surface area (Å²) in [6.45, 7) is 1.55. The lowest BCUT2D eigenvalue weighted by Crippen LogP contribution is -2.22. The van der Waals surface area contributed by atoms with Gasteiger partial charge in [-0.1, -0.05) is 6.92 Å². The van der Waals surface area contributed by atoms with Crippen molar-refractivity contribution in [1.82, 2.24) is 0 Å². The van der Waals surface area contributed by atoms with E-state index in [0.717, 1.165) is 0 Å². The first-order chi connectivity index (χ1) is 5.93. The molecule has 76 valence electrons. The van der Waals surface area contributed by atoms with Gasteiger partial charge in [-0.25, -0.2) is 8.42 Å². The molecule has 4 nitrogen and oxygen atoms in total. The fraction of sp³-hybridized carbons (Fsp3) is 0.875. The van der Waals surface area contributed by atoms with Crippen LogP contribution in [-0.4, -0.2) is 30.5 Å². The molecule has 1 aliphatic heterocycles. The summed E-state index contributed by atoms with van der Waals surface area (Å²) in [5, 5.41) is 8.20. The number of carboxylic acids is 1. The highest BCUT2D eigenvalue weighted by Crippen LogP contribution is 2.25. The molecule has 0 aromatic rings. The Morgan fingerprint density at radius 3 is 2.62 bits per heavy atom. The van der Waals surface area contributed by atoms with Crippen LogP contribution in [-0.2, 0) is 14.6 Å². The maximum atomic E-state index is 11.3. The van der Waals surface area contributed by atoms with Gasteiger partial charge >= 0.3 is 5.97 Å². The summed E-state index contributed by atoms with van der Waals surface area (Å²) in [5.74, 6) is -1.25. The predicted octanol–water partition coefficient (Wildman–Crippen LogP) is 0.674. The van der Waals surface area contributed by atoms with Crippen molar-refractivity contribution in [2.45, 2.75) is 31.4 Å². The molecule has 1 heterocycles. The first-order valence-corrected chi connectivity index (χ1v) is 6.09. The number of aliphatic carboxylic acids is 1. The normalized spacial score (nSPS) is 28.5. The smallest absolute Gasteiger partial charge is 0.306 e. The third kappa shape index (κ3) is 2.43. The lowest BCUT2D eigenvalue weighted by molar-refractivity contribution is -0.141. The quantitative estimate of drug-likeness (QED) is 0.736. The van der Waals surface area contributed by atoms with Crippen molar-refractivity contribution in [2.24, 2.45) is 5.92 Å². The maximum absolute atomic E-state index is 11.3. The van der Waals surface area contributed by atoms with E-state index in [1.54, 1.807) is 6.92 Å². The van der Waals surface area contributed by atoms with Gasteiger partial charge in [-0.2, -0.15) is 0 Å². The highest BCUT2D eigenvalue weighted by molar-refractivity contribution is 7.92. The molecule has 1 aliphatic rings. The molecular formula is C8H14O4S. The summed E-state index contributed by atoms with van der Waals surface area (Å²) >= 11 is 0. The standard InChI is InChI=1S/C8H14O4S/c1-6(8(9)10)5-7-3-2-4-13(7,11)12/h6-7H,2-5H2,1H3,(H,9,10). The fourth-order valence-electron chi connectivity index (χ4n) is 1.62. The second-order valence-electron chi connectivity index (χ2n) is 3.61. The van der Waals surface area contributed by atoms with Gasteiger partial charge in [-0.15, -0.1) is 0 Å². The van der Waals surface area contributed by atoms with E-state index in [-0.39, 0.29) is 12.2 Å². The molecule has 1 fully saturated rings. The van der Waals surface area contributed by atoms with E-state index in [2.05, 4.69) is 0 Å². The monoisotopic (exact) mass is 206 g/mol. The van der Waals surface area contributed by atoms with Crippen molar-refractivity contribution in [3.05, 3.63) is 0 Å². The molecule has 0 bridgehead atoms. The molecule has 2 atom stereocenters. The summed E-state index contributed by atoms with van der Waals surface area (Å²) in [5.41, 5.74) is 0. The number of rotatable bonds is 3. The van der Waals surface area contributed by atoms with E-state index in [4.69, 9.17) is 5.11 Å². The Labute approximate surface area is 77.9 Å². The van der Waals surface area contributed by atoms with Crippen LogP contribution in [0.25, 0.3) is 0 Å². The Kier molecular flexibility index (Phi) is 2.95. The number of hydrogen-bond acceptors (Lipinski definition) is 3. The Balaban J connectivity index is 2.60. The zero-order chi connectivity index (χ0) is 10.1. The second-order valence-corrected chi connectivity index (χ2v) is 6.01. The topological polar surface area (TPSA) is 71.4 Å². The van der Waals surface area contributed by atoms with Gasteiger partial charge in [0.1, 0.15) is 0 Å². The first kappa shape index (κ1) is 10.5. The van der Waals surface area contributed by atoms with E-state index in [0.29, 0.717) is 12.8 Å². The number of sulfone groups is 1. The maximum Gasteiger partial charge on any atom is 0.306 e. The molecule has 0 aromatic heterocycles. The van der Waals surface area contributed by atoms with Crippen LogP contribution in [0.5, 0.6) is 0 Å². The van der Waals surface area contributed by atoms with Gasteiger partial charge in [0.2, 0.25) is 0 Å². The van der Waals surface area contributed by atoms with Crippen molar-refractivity contribution in [3.63, 3.8) is 0 Å². The van der Waals surface area contributed by atoms with Crippen LogP contribution in [0, 0.1) is 5.92 Å². The van der Waals surface area contributed by atoms with E-state index in [1.807, 2.05) is 0 Å². The van der Waals surface area contributed by atoms with E-state index >= 15 is 0 Å². The van der Waals surface area contributed by atoms with Gasteiger partial charge in [-0.3, -0.25) is 4.79 Å². The van der Waals surface area contributed by atoms with Crippen molar-refractivity contribution in [1.29, 1.82) is 0 Å². The van der Waals surface area contributed by atoms with Crippen LogP contribution in [0.4, 0.5) is 0 Å². The van der Waals surface area contributed by atoms with Crippen LogP contribution in [0.1, 0.15) is 26.2 Å². The van der Waals surface area contributed by atoms with Gasteiger partial charge < -0.3 is 5.11 Å². The molecule has 1 saturated heterocycles. The van der Waals surface area contributed by atoms with Crippen LogP contribution in [0.3, 0.4) is 0 Å². The second kappa shape index (κ2) is 3.65. The molecule has 13 heavy (non-hydrogen) atoms. The zero-order valence-electron chi connectivity index (χ0n) is 7.56. The third-order valence-electron chi connectivity index (χ3n) is 2.50. The van der Waals surface area contributed by atoms with Crippen molar-refractivity contribution >= 4 is 15.8 Å². The van der Waals surface area contributed by atoms with Crippen molar-refractivity contribution in [3.8, 4) is 0 Å². The van der Waals surface area contributed by atoms with Crippen LogP contribution in [0.2, 0.25) is 0 Å². The van der Waals surface area contributed by atoms with Crippen molar-refractivity contribution in [2.75, 3.05) is 5.75 Å². The lowest BCUT2D eigenvalue weighted by atomic mass is 10.0. The van der Waals surface area contributed by atoms with Gasteiger partial charge in [0.15, 0.2) is 9.84 Å². The molecular weight excluding hydrogens is 192 g/mol. The fourth-order valence-corrected chi connectivity index (χ4v) is 3.63. The predicted molar refractivity (Wildman–Crippen MR) is 48.2 cm³/mol. The van der Waals surface area contributed by atoms with Crippen LogP contribution < -0.4 is 0 Å². The Hall–Kier alpha value is -0.580. The number of hydrogen-bond donors (Lipinski definition) is 1. The highest BCUT2D eigenvalue weighted by atomic mass is 32.2. The Morgan fingerprint density at radius 1 is 1.62 bits per heavy atom. The molecule has 1 N–H and O–H groups in total. The average molecular weight is 206 g/mol. The minimum atomic E-state index is -2.98. The molecule has 0 aromatic carbocycles. The Bertz CT molecular complexity index is 293. The zero-order valence-corrected chi connectivity index (χ0v) is 8.38. The largest absolute Gasteiger partial charge is 0.481 e. The summed E-state index contributed by atoms with van der Waals surface area (Å²) in [6, 6.07) is 0. The van der Waals surface area contributed by atoms with Gasteiger partial charge in [-0.05, 0) is 19.3 Å². The number of carboxylic acid groups (broad SMARTS) is 1. The van der Waals surface area contributed by atoms with Gasteiger partial charge in [0, 0.05) is 0 Å². The first-order valence-electron chi connectivity index (χ1n) is 4.38. The average Bonchev–Trinajstić information content (AvgIpc) is 2.30. The van der Waals surface area contributed by atoms with Gasteiger partial charge in [0.25, 0.3) is 0 Å². The van der Waals surface area contributed by atoms with E-state index in [1.165, 1.54) is 0 Å². The Morgan fingerprint density at radius 2 is 2.23 bits per heavy atom. The summed E-state index contributed by atoms with van der Waals surface area (Å²) in [4.78, 5) is 10.5. The highest BCUT2D eigenvalue weighted by Gasteiger charge is 2.33. The van der Waals surface area contributed by atoms with Crippen molar-refractivity contribution < 1.29 is 18.3 Å². The molecule has 1 rings (SSSR count). The lowest BCUT2D eigenvalue weighted by Gasteiger charge is -2.11. The molecule has 0 aliphatic carbocycles. The third-order valence-corrected chi connectivity index (χ3v) is 4.80. The molecule has 0 spiro atoms.